The monoisotopic (exact) mass is 504 g/mol. The predicted octanol–water partition coefficient (Wildman–Crippen LogP) is 4.16. The van der Waals surface area contributed by atoms with Crippen molar-refractivity contribution in [3.05, 3.63) is 65.7 Å². The van der Waals surface area contributed by atoms with Gasteiger partial charge >= 0.3 is 12.2 Å². The van der Waals surface area contributed by atoms with Crippen molar-refractivity contribution < 1.29 is 27.6 Å². The molecule has 10 heteroatoms. The van der Waals surface area contributed by atoms with Crippen LogP contribution < -0.4 is 10.6 Å². The van der Waals surface area contributed by atoms with Crippen LogP contribution in [0.25, 0.3) is 0 Å². The Kier molecular flexibility index (Phi) is 8.95. The maximum atomic E-state index is 13.3. The summed E-state index contributed by atoms with van der Waals surface area (Å²) >= 11 is 0. The zero-order chi connectivity index (χ0) is 26.3. The summed E-state index contributed by atoms with van der Waals surface area (Å²) in [7, 11) is 0. The molecule has 1 heterocycles. The standard InChI is InChI=1S/C26H31F3N4O3/c1-3-18(2)23(31-22(34)16-19-8-5-4-6-9-19)24(35)32-12-14-33(15-13-32)25(36)30-21-11-7-10-20(17-21)26(27,28)29/h4-11,17-18,23H,3,12-16H2,1-2H3,(H,30,36)(H,31,34). The number of carbonyl (C=O) groups excluding carboxylic acids is 3. The molecular formula is C26H31F3N4O3. The van der Waals surface area contributed by atoms with Crippen molar-refractivity contribution in [2.45, 2.75) is 38.9 Å². The van der Waals surface area contributed by atoms with Crippen LogP contribution >= 0.6 is 0 Å². The molecule has 1 aliphatic rings. The average Bonchev–Trinajstić information content (AvgIpc) is 2.86. The normalized spacial score (nSPS) is 15.7. The SMILES string of the molecule is CCC(C)C(NC(=O)Cc1ccccc1)C(=O)N1CCN(C(=O)Nc2cccc(C(F)(F)F)c2)CC1. The Balaban J connectivity index is 1.56. The molecule has 2 N–H and O–H groups in total. The van der Waals surface area contributed by atoms with E-state index < -0.39 is 23.8 Å². The van der Waals surface area contributed by atoms with Crippen LogP contribution in [0.2, 0.25) is 0 Å². The summed E-state index contributed by atoms with van der Waals surface area (Å²) in [6.45, 7) is 4.82. The van der Waals surface area contributed by atoms with Gasteiger partial charge in [-0.05, 0) is 29.7 Å². The predicted molar refractivity (Wildman–Crippen MR) is 130 cm³/mol. The van der Waals surface area contributed by atoms with Crippen LogP contribution in [0.15, 0.2) is 54.6 Å². The lowest BCUT2D eigenvalue weighted by Gasteiger charge is -2.37. The summed E-state index contributed by atoms with van der Waals surface area (Å²) in [4.78, 5) is 41.5. The van der Waals surface area contributed by atoms with Gasteiger partial charge in [-0.2, -0.15) is 13.2 Å². The molecule has 36 heavy (non-hydrogen) atoms. The molecule has 0 aromatic heterocycles. The van der Waals surface area contributed by atoms with E-state index in [1.807, 2.05) is 44.2 Å². The third-order valence-corrected chi connectivity index (χ3v) is 6.32. The van der Waals surface area contributed by atoms with Crippen LogP contribution in [0, 0.1) is 5.92 Å². The molecule has 194 valence electrons. The third-order valence-electron chi connectivity index (χ3n) is 6.32. The number of anilines is 1. The van der Waals surface area contributed by atoms with Crippen molar-refractivity contribution >= 4 is 23.5 Å². The summed E-state index contributed by atoms with van der Waals surface area (Å²) in [5.74, 6) is -0.526. The summed E-state index contributed by atoms with van der Waals surface area (Å²) in [5, 5.41) is 5.38. The van der Waals surface area contributed by atoms with Gasteiger partial charge in [0.05, 0.1) is 12.0 Å². The number of amides is 4. The van der Waals surface area contributed by atoms with Crippen molar-refractivity contribution in [1.29, 1.82) is 0 Å². The van der Waals surface area contributed by atoms with Gasteiger partial charge in [0.25, 0.3) is 0 Å². The fraction of sp³-hybridized carbons (Fsp3) is 0.423. The number of rotatable bonds is 7. The van der Waals surface area contributed by atoms with E-state index in [9.17, 15) is 27.6 Å². The molecular weight excluding hydrogens is 473 g/mol. The van der Waals surface area contributed by atoms with Gasteiger partial charge in [-0.25, -0.2) is 4.79 Å². The number of hydrogen-bond acceptors (Lipinski definition) is 3. The Morgan fingerprint density at radius 2 is 1.58 bits per heavy atom. The van der Waals surface area contributed by atoms with Gasteiger partial charge in [0.15, 0.2) is 0 Å². The quantitative estimate of drug-likeness (QED) is 0.594. The Hall–Kier alpha value is -3.56. The Morgan fingerprint density at radius 3 is 2.19 bits per heavy atom. The van der Waals surface area contributed by atoms with Gasteiger partial charge in [0.1, 0.15) is 6.04 Å². The van der Waals surface area contributed by atoms with Crippen molar-refractivity contribution in [3.63, 3.8) is 0 Å². The molecule has 2 unspecified atom stereocenters. The first-order valence-corrected chi connectivity index (χ1v) is 11.9. The van der Waals surface area contributed by atoms with E-state index in [2.05, 4.69) is 10.6 Å². The fourth-order valence-corrected chi connectivity index (χ4v) is 3.99. The minimum atomic E-state index is -4.50. The van der Waals surface area contributed by atoms with Gasteiger partial charge in [-0.3, -0.25) is 9.59 Å². The zero-order valence-corrected chi connectivity index (χ0v) is 20.3. The second kappa shape index (κ2) is 11.9. The highest BCUT2D eigenvalue weighted by molar-refractivity contribution is 5.90. The molecule has 1 fully saturated rings. The molecule has 2 atom stereocenters. The molecule has 0 saturated carbocycles. The largest absolute Gasteiger partial charge is 0.416 e. The Labute approximate surface area is 208 Å². The second-order valence-electron chi connectivity index (χ2n) is 8.91. The zero-order valence-electron chi connectivity index (χ0n) is 20.3. The molecule has 0 bridgehead atoms. The first-order valence-electron chi connectivity index (χ1n) is 11.9. The van der Waals surface area contributed by atoms with E-state index in [4.69, 9.17) is 0 Å². The van der Waals surface area contributed by atoms with Gasteiger partial charge < -0.3 is 20.4 Å². The fourth-order valence-electron chi connectivity index (χ4n) is 3.99. The Bertz CT molecular complexity index is 1050. The highest BCUT2D eigenvalue weighted by Gasteiger charge is 2.33. The first-order chi connectivity index (χ1) is 17.1. The third kappa shape index (κ3) is 7.22. The van der Waals surface area contributed by atoms with Gasteiger partial charge in [0, 0.05) is 31.9 Å². The van der Waals surface area contributed by atoms with Crippen molar-refractivity contribution in [1.82, 2.24) is 15.1 Å². The highest BCUT2D eigenvalue weighted by Crippen LogP contribution is 2.30. The first kappa shape index (κ1) is 27.0. The van der Waals surface area contributed by atoms with Crippen molar-refractivity contribution in [2.75, 3.05) is 31.5 Å². The minimum Gasteiger partial charge on any atom is -0.344 e. The summed E-state index contributed by atoms with van der Waals surface area (Å²) < 4.78 is 38.8. The number of hydrogen-bond donors (Lipinski definition) is 2. The summed E-state index contributed by atoms with van der Waals surface area (Å²) in [6, 6.07) is 12.5. The number of piperazine rings is 1. The molecule has 0 spiro atoms. The van der Waals surface area contributed by atoms with Gasteiger partial charge in [-0.1, -0.05) is 56.7 Å². The second-order valence-corrected chi connectivity index (χ2v) is 8.91. The van der Waals surface area contributed by atoms with Crippen LogP contribution in [-0.4, -0.2) is 59.9 Å². The topological polar surface area (TPSA) is 81.8 Å². The maximum absolute atomic E-state index is 13.3. The summed E-state index contributed by atoms with van der Waals surface area (Å²) in [6.07, 6.45) is -3.64. The average molecular weight is 505 g/mol. The molecule has 7 nitrogen and oxygen atoms in total. The molecule has 3 rings (SSSR count). The number of carbonyl (C=O) groups is 3. The number of nitrogens with zero attached hydrogens (tertiary/aromatic N) is 2. The lowest BCUT2D eigenvalue weighted by molar-refractivity contribution is -0.139. The molecule has 0 radical (unpaired) electrons. The number of nitrogens with one attached hydrogen (secondary N) is 2. The number of benzene rings is 2. The lowest BCUT2D eigenvalue weighted by Crippen LogP contribution is -2.57. The van der Waals surface area contributed by atoms with E-state index in [-0.39, 0.29) is 56.0 Å². The van der Waals surface area contributed by atoms with Gasteiger partial charge in [-0.15, -0.1) is 0 Å². The van der Waals surface area contributed by atoms with E-state index in [0.717, 1.165) is 17.7 Å². The number of halogens is 3. The highest BCUT2D eigenvalue weighted by atomic mass is 19.4. The molecule has 4 amide bonds. The van der Waals surface area contributed by atoms with Crippen molar-refractivity contribution in [2.24, 2.45) is 5.92 Å². The van der Waals surface area contributed by atoms with Crippen LogP contribution in [0.4, 0.5) is 23.7 Å². The van der Waals surface area contributed by atoms with E-state index in [1.165, 1.54) is 17.0 Å². The van der Waals surface area contributed by atoms with Crippen LogP contribution in [-0.2, 0) is 22.2 Å². The minimum absolute atomic E-state index is 0.0475. The molecule has 1 saturated heterocycles. The number of urea groups is 1. The van der Waals surface area contributed by atoms with Crippen LogP contribution in [0.3, 0.4) is 0 Å². The molecule has 2 aromatic rings. The number of alkyl halides is 3. The lowest BCUT2D eigenvalue weighted by atomic mass is 9.97. The smallest absolute Gasteiger partial charge is 0.344 e. The molecule has 2 aromatic carbocycles. The van der Waals surface area contributed by atoms with Crippen molar-refractivity contribution in [3.8, 4) is 0 Å². The molecule has 1 aliphatic heterocycles. The van der Waals surface area contributed by atoms with E-state index in [0.29, 0.717) is 6.42 Å². The van der Waals surface area contributed by atoms with E-state index in [1.54, 1.807) is 4.90 Å². The van der Waals surface area contributed by atoms with Crippen LogP contribution in [0.5, 0.6) is 0 Å². The molecule has 0 aliphatic carbocycles. The summed E-state index contributed by atoms with van der Waals surface area (Å²) in [5.41, 5.74) is 0.0538. The van der Waals surface area contributed by atoms with Crippen LogP contribution in [0.1, 0.15) is 31.4 Å². The van der Waals surface area contributed by atoms with Gasteiger partial charge in [0.2, 0.25) is 11.8 Å². The Morgan fingerprint density at radius 1 is 0.944 bits per heavy atom. The van der Waals surface area contributed by atoms with E-state index >= 15 is 0 Å². The maximum Gasteiger partial charge on any atom is 0.416 e.